The molecule has 0 spiro atoms. The van der Waals surface area contributed by atoms with E-state index < -0.39 is 11.8 Å². The second-order valence-electron chi connectivity index (χ2n) is 3.52. The monoisotopic (exact) mass is 317 g/mol. The van der Waals surface area contributed by atoms with Gasteiger partial charge in [0.25, 0.3) is 5.91 Å². The van der Waals surface area contributed by atoms with Gasteiger partial charge in [-0.15, -0.1) is 0 Å². The molecule has 0 fully saturated rings. The van der Waals surface area contributed by atoms with Gasteiger partial charge in [0.1, 0.15) is 12.4 Å². The predicted molar refractivity (Wildman–Crippen MR) is 67.7 cm³/mol. The van der Waals surface area contributed by atoms with E-state index in [1.807, 2.05) is 0 Å². The van der Waals surface area contributed by atoms with Crippen molar-refractivity contribution in [3.05, 3.63) is 34.1 Å². The first-order chi connectivity index (χ1) is 8.49. The van der Waals surface area contributed by atoms with E-state index in [0.29, 0.717) is 16.6 Å². The third-order valence-corrected chi connectivity index (χ3v) is 3.03. The molecule has 6 heteroatoms. The normalized spacial score (nSPS) is 10.0. The largest absolute Gasteiger partial charge is 0.468 e. The van der Waals surface area contributed by atoms with Crippen LogP contribution in [0.3, 0.4) is 0 Å². The molecule has 0 unspecified atom stereocenters. The lowest BCUT2D eigenvalue weighted by atomic mass is 10.2. The van der Waals surface area contributed by atoms with Gasteiger partial charge in [0.15, 0.2) is 0 Å². The lowest BCUT2D eigenvalue weighted by Gasteiger charge is -2.20. The van der Waals surface area contributed by atoms with E-state index in [1.54, 1.807) is 6.92 Å². The molecule has 1 aromatic rings. The van der Waals surface area contributed by atoms with E-state index in [1.165, 1.54) is 30.2 Å². The maximum Gasteiger partial charge on any atom is 0.325 e. The number of carbonyl (C=O) groups excluding carboxylic acids is 2. The Morgan fingerprint density at radius 2 is 2.11 bits per heavy atom. The quantitative estimate of drug-likeness (QED) is 0.800. The summed E-state index contributed by atoms with van der Waals surface area (Å²) in [4.78, 5) is 24.6. The highest BCUT2D eigenvalue weighted by molar-refractivity contribution is 9.10. The number of methoxy groups -OCH3 is 1. The van der Waals surface area contributed by atoms with Crippen LogP contribution in [0.1, 0.15) is 17.3 Å². The molecule has 18 heavy (non-hydrogen) atoms. The van der Waals surface area contributed by atoms with E-state index in [9.17, 15) is 14.0 Å². The maximum atomic E-state index is 12.9. The van der Waals surface area contributed by atoms with Gasteiger partial charge in [-0.1, -0.05) is 0 Å². The molecular weight excluding hydrogens is 305 g/mol. The van der Waals surface area contributed by atoms with Crippen LogP contribution >= 0.6 is 15.9 Å². The molecule has 98 valence electrons. The molecule has 0 saturated carbocycles. The molecule has 0 atom stereocenters. The number of amides is 1. The van der Waals surface area contributed by atoms with Crippen LogP contribution in [0.5, 0.6) is 0 Å². The second kappa shape index (κ2) is 6.49. The van der Waals surface area contributed by atoms with Crippen molar-refractivity contribution in [3.63, 3.8) is 0 Å². The number of halogens is 2. The number of hydrogen-bond acceptors (Lipinski definition) is 3. The lowest BCUT2D eigenvalue weighted by molar-refractivity contribution is -0.141. The molecule has 0 radical (unpaired) electrons. The van der Waals surface area contributed by atoms with Gasteiger partial charge < -0.3 is 9.64 Å². The topological polar surface area (TPSA) is 46.6 Å². The number of likely N-dealkylation sites (N-methyl/N-ethyl adjacent to an activating group) is 1. The van der Waals surface area contributed by atoms with Crippen molar-refractivity contribution in [3.8, 4) is 0 Å². The third-order valence-electron chi connectivity index (χ3n) is 2.38. The van der Waals surface area contributed by atoms with Crippen molar-refractivity contribution in [2.75, 3.05) is 20.2 Å². The minimum Gasteiger partial charge on any atom is -0.468 e. The summed E-state index contributed by atoms with van der Waals surface area (Å²) in [5.41, 5.74) is 0.308. The minimum atomic E-state index is -0.497. The summed E-state index contributed by atoms with van der Waals surface area (Å²) < 4.78 is 17.8. The number of esters is 1. The molecule has 0 saturated heterocycles. The van der Waals surface area contributed by atoms with Crippen molar-refractivity contribution >= 4 is 27.8 Å². The Kier molecular flexibility index (Phi) is 5.27. The average molecular weight is 318 g/mol. The number of hydrogen-bond donors (Lipinski definition) is 0. The molecule has 1 rings (SSSR count). The Balaban J connectivity index is 2.93. The fraction of sp³-hybridized carbons (Fsp3) is 0.333. The van der Waals surface area contributed by atoms with Crippen LogP contribution in [-0.4, -0.2) is 37.0 Å². The molecule has 0 heterocycles. The molecule has 4 nitrogen and oxygen atoms in total. The van der Waals surface area contributed by atoms with E-state index in [-0.39, 0.29) is 12.5 Å². The highest BCUT2D eigenvalue weighted by atomic mass is 79.9. The molecule has 0 aromatic heterocycles. The van der Waals surface area contributed by atoms with Crippen molar-refractivity contribution in [2.24, 2.45) is 0 Å². The van der Waals surface area contributed by atoms with Gasteiger partial charge in [0, 0.05) is 11.0 Å². The molecule has 0 aliphatic rings. The average Bonchev–Trinajstić information content (AvgIpc) is 2.34. The lowest BCUT2D eigenvalue weighted by Crippen LogP contribution is -2.36. The third kappa shape index (κ3) is 3.53. The fourth-order valence-corrected chi connectivity index (χ4v) is 1.90. The van der Waals surface area contributed by atoms with Gasteiger partial charge in [0.2, 0.25) is 0 Å². The van der Waals surface area contributed by atoms with Gasteiger partial charge in [-0.3, -0.25) is 9.59 Å². The van der Waals surface area contributed by atoms with Crippen molar-refractivity contribution < 1.29 is 18.7 Å². The van der Waals surface area contributed by atoms with E-state index in [2.05, 4.69) is 20.7 Å². The van der Waals surface area contributed by atoms with E-state index in [4.69, 9.17) is 0 Å². The van der Waals surface area contributed by atoms with Gasteiger partial charge in [0.05, 0.1) is 12.7 Å². The molecular formula is C12H13BrFNO3. The zero-order valence-electron chi connectivity index (χ0n) is 10.1. The highest BCUT2D eigenvalue weighted by Gasteiger charge is 2.19. The Labute approximate surface area is 113 Å². The Morgan fingerprint density at radius 3 is 2.61 bits per heavy atom. The van der Waals surface area contributed by atoms with E-state index >= 15 is 0 Å². The number of benzene rings is 1. The van der Waals surface area contributed by atoms with Crippen LogP contribution in [-0.2, 0) is 9.53 Å². The SMILES string of the molecule is CCN(CC(=O)OC)C(=O)c1ccc(F)cc1Br. The summed E-state index contributed by atoms with van der Waals surface area (Å²) in [5.74, 6) is -1.28. The number of ether oxygens (including phenoxy) is 1. The van der Waals surface area contributed by atoms with Crippen molar-refractivity contribution in [2.45, 2.75) is 6.92 Å². The number of nitrogens with zero attached hydrogens (tertiary/aromatic N) is 1. The molecule has 0 aliphatic carbocycles. The maximum absolute atomic E-state index is 12.9. The van der Waals surface area contributed by atoms with Gasteiger partial charge in [-0.05, 0) is 41.1 Å². The molecule has 1 aromatic carbocycles. The van der Waals surface area contributed by atoms with Crippen LogP contribution in [0.4, 0.5) is 4.39 Å². The predicted octanol–water partition coefficient (Wildman–Crippen LogP) is 2.22. The van der Waals surface area contributed by atoms with Gasteiger partial charge in [-0.2, -0.15) is 0 Å². The van der Waals surface area contributed by atoms with Crippen molar-refractivity contribution in [1.82, 2.24) is 4.90 Å². The van der Waals surface area contributed by atoms with Crippen LogP contribution < -0.4 is 0 Å². The first-order valence-electron chi connectivity index (χ1n) is 5.30. The summed E-state index contributed by atoms with van der Waals surface area (Å²) >= 11 is 3.12. The standard InChI is InChI=1S/C12H13BrFNO3/c1-3-15(7-11(16)18-2)12(17)9-5-4-8(14)6-10(9)13/h4-6H,3,7H2,1-2H3. The van der Waals surface area contributed by atoms with Gasteiger partial charge in [-0.25, -0.2) is 4.39 Å². The first kappa shape index (κ1) is 14.6. The van der Waals surface area contributed by atoms with Crippen LogP contribution in [0.15, 0.2) is 22.7 Å². The number of rotatable bonds is 4. The molecule has 0 N–H and O–H groups in total. The molecule has 0 bridgehead atoms. The van der Waals surface area contributed by atoms with Gasteiger partial charge >= 0.3 is 5.97 Å². The Hall–Kier alpha value is -1.43. The molecule has 0 aliphatic heterocycles. The Bertz CT molecular complexity index is 465. The first-order valence-corrected chi connectivity index (χ1v) is 6.10. The van der Waals surface area contributed by atoms with Crippen molar-refractivity contribution in [1.29, 1.82) is 0 Å². The summed E-state index contributed by atoms with van der Waals surface area (Å²) in [5, 5.41) is 0. The van der Waals surface area contributed by atoms with Crippen LogP contribution in [0.25, 0.3) is 0 Å². The fourth-order valence-electron chi connectivity index (χ4n) is 1.38. The summed E-state index contributed by atoms with van der Waals surface area (Å²) in [6, 6.07) is 3.78. The zero-order valence-corrected chi connectivity index (χ0v) is 11.7. The zero-order chi connectivity index (χ0) is 13.7. The minimum absolute atomic E-state index is 0.129. The summed E-state index contributed by atoms with van der Waals surface area (Å²) in [6.45, 7) is 1.98. The summed E-state index contributed by atoms with van der Waals surface area (Å²) in [6.07, 6.45) is 0. The number of carbonyl (C=O) groups is 2. The summed E-state index contributed by atoms with van der Waals surface area (Å²) in [7, 11) is 1.26. The second-order valence-corrected chi connectivity index (χ2v) is 4.37. The highest BCUT2D eigenvalue weighted by Crippen LogP contribution is 2.19. The Morgan fingerprint density at radius 1 is 1.44 bits per heavy atom. The van der Waals surface area contributed by atoms with Crippen LogP contribution in [0.2, 0.25) is 0 Å². The van der Waals surface area contributed by atoms with E-state index in [0.717, 1.165) is 0 Å². The van der Waals surface area contributed by atoms with Crippen LogP contribution in [0, 0.1) is 5.82 Å². The molecule has 1 amide bonds. The smallest absolute Gasteiger partial charge is 0.325 e.